The fourth-order valence-corrected chi connectivity index (χ4v) is 3.29. The highest BCUT2D eigenvalue weighted by Gasteiger charge is 2.14. The number of halogens is 2. The highest BCUT2D eigenvalue weighted by atomic mass is 19.1. The fourth-order valence-electron chi connectivity index (χ4n) is 3.29. The van der Waals surface area contributed by atoms with Crippen molar-refractivity contribution in [1.82, 2.24) is 9.97 Å². The molecule has 2 aromatic carbocycles. The summed E-state index contributed by atoms with van der Waals surface area (Å²) >= 11 is 0. The molecule has 3 nitrogen and oxygen atoms in total. The van der Waals surface area contributed by atoms with Gasteiger partial charge in [0.25, 0.3) is 0 Å². The van der Waals surface area contributed by atoms with Crippen LogP contribution in [0, 0.1) is 25.5 Å². The lowest BCUT2D eigenvalue weighted by atomic mass is 9.90. The summed E-state index contributed by atoms with van der Waals surface area (Å²) in [5.74, 6) is -0.261. The quantitative estimate of drug-likeness (QED) is 0.640. The van der Waals surface area contributed by atoms with E-state index >= 15 is 0 Å². The van der Waals surface area contributed by atoms with Gasteiger partial charge in [0, 0.05) is 6.04 Å². The van der Waals surface area contributed by atoms with Gasteiger partial charge >= 0.3 is 0 Å². The van der Waals surface area contributed by atoms with Gasteiger partial charge in [-0.1, -0.05) is 24.3 Å². The van der Waals surface area contributed by atoms with E-state index in [1.165, 1.54) is 18.3 Å². The molecule has 0 aliphatic rings. The Morgan fingerprint density at radius 3 is 2.57 bits per heavy atom. The predicted octanol–water partition coefficient (Wildman–Crippen LogP) is 5.62. The fraction of sp³-hybridized carbons (Fsp3) is 0.217. The average molecular weight is 379 g/mol. The molecule has 1 aromatic heterocycles. The van der Waals surface area contributed by atoms with Crippen molar-refractivity contribution in [2.24, 2.45) is 5.73 Å². The third kappa shape index (κ3) is 3.99. The zero-order chi connectivity index (χ0) is 20.4. The molecule has 144 valence electrons. The molecule has 0 aliphatic carbocycles. The first-order valence-electron chi connectivity index (χ1n) is 9.10. The highest BCUT2D eigenvalue weighted by Crippen LogP contribution is 2.33. The van der Waals surface area contributed by atoms with Gasteiger partial charge in [0.05, 0.1) is 6.20 Å². The monoisotopic (exact) mass is 379 g/mol. The maximum Gasteiger partial charge on any atom is 0.167 e. The summed E-state index contributed by atoms with van der Waals surface area (Å²) in [6.07, 6.45) is 3.06. The smallest absolute Gasteiger partial charge is 0.167 e. The molecule has 1 atom stereocenters. The topological polar surface area (TPSA) is 51.8 Å². The first kappa shape index (κ1) is 19.8. The summed E-state index contributed by atoms with van der Waals surface area (Å²) in [6.45, 7) is 7.38. The van der Waals surface area contributed by atoms with Crippen molar-refractivity contribution < 1.29 is 8.78 Å². The molecule has 0 fully saturated rings. The van der Waals surface area contributed by atoms with Gasteiger partial charge < -0.3 is 5.73 Å². The molecular formula is C23H23F2N3. The number of hydrogen-bond acceptors (Lipinski definition) is 3. The Kier molecular flexibility index (Phi) is 5.66. The lowest BCUT2D eigenvalue weighted by Crippen LogP contribution is -2.07. The Morgan fingerprint density at radius 2 is 1.86 bits per heavy atom. The van der Waals surface area contributed by atoms with Crippen LogP contribution >= 0.6 is 0 Å². The van der Waals surface area contributed by atoms with Gasteiger partial charge in [-0.15, -0.1) is 0 Å². The van der Waals surface area contributed by atoms with Crippen LogP contribution in [0.25, 0.3) is 22.8 Å². The van der Waals surface area contributed by atoms with Crippen molar-refractivity contribution in [2.45, 2.75) is 33.7 Å². The molecule has 0 aliphatic heterocycles. The van der Waals surface area contributed by atoms with Crippen LogP contribution in [-0.2, 0) is 0 Å². The molecule has 0 saturated heterocycles. The largest absolute Gasteiger partial charge is 0.324 e. The van der Waals surface area contributed by atoms with Gasteiger partial charge in [-0.05, 0) is 79.3 Å². The molecule has 0 bridgehead atoms. The molecule has 3 rings (SSSR count). The Balaban J connectivity index is 2.13. The number of nitrogens with two attached hydrogens (primary N) is 1. The van der Waals surface area contributed by atoms with Crippen LogP contribution < -0.4 is 5.73 Å². The summed E-state index contributed by atoms with van der Waals surface area (Å²) in [6, 6.07) is 10.2. The Hall–Kier alpha value is -2.92. The van der Waals surface area contributed by atoms with E-state index in [0.29, 0.717) is 11.4 Å². The lowest BCUT2D eigenvalue weighted by Gasteiger charge is -2.16. The number of allylic oxidation sites excluding steroid dienone is 1. The van der Waals surface area contributed by atoms with Gasteiger partial charge in [0.15, 0.2) is 5.82 Å². The molecule has 3 aromatic rings. The Bertz CT molecular complexity index is 1060. The normalized spacial score (nSPS) is 12.9. The first-order valence-corrected chi connectivity index (χ1v) is 9.10. The summed E-state index contributed by atoms with van der Waals surface area (Å²) < 4.78 is 28.1. The number of hydrogen-bond donors (Lipinski definition) is 1. The van der Waals surface area contributed by atoms with Crippen LogP contribution in [0.1, 0.15) is 48.1 Å². The number of rotatable bonds is 4. The van der Waals surface area contributed by atoms with Gasteiger partial charge in [-0.3, -0.25) is 0 Å². The van der Waals surface area contributed by atoms with E-state index in [0.717, 1.165) is 27.8 Å². The first-order chi connectivity index (χ1) is 13.3. The van der Waals surface area contributed by atoms with E-state index in [-0.39, 0.29) is 17.6 Å². The minimum atomic E-state index is -0.461. The van der Waals surface area contributed by atoms with E-state index in [4.69, 9.17) is 5.73 Å². The molecule has 0 amide bonds. The Labute approximate surface area is 164 Å². The number of aromatic nitrogens is 2. The van der Waals surface area contributed by atoms with E-state index in [1.54, 1.807) is 13.0 Å². The van der Waals surface area contributed by atoms with Gasteiger partial charge in [0.2, 0.25) is 0 Å². The van der Waals surface area contributed by atoms with Crippen LogP contribution in [0.3, 0.4) is 0 Å². The standard InChI is InChI=1S/C23H23F2N3/c1-13(23-22(25)12-27-16(4)28-23)10-17-6-5-7-19(14(17)2)21-11-18(24)8-9-20(21)15(3)26/h5-12,15H,26H2,1-4H3/b13-10+. The number of nitrogens with zero attached hydrogens (tertiary/aromatic N) is 2. The highest BCUT2D eigenvalue weighted by molar-refractivity contribution is 5.83. The van der Waals surface area contributed by atoms with E-state index in [2.05, 4.69) is 9.97 Å². The molecule has 5 heteroatoms. The summed E-state index contributed by atoms with van der Waals surface area (Å²) in [5, 5.41) is 0. The predicted molar refractivity (Wildman–Crippen MR) is 109 cm³/mol. The van der Waals surface area contributed by atoms with Gasteiger partial charge in [-0.2, -0.15) is 0 Å². The van der Waals surface area contributed by atoms with Crippen molar-refractivity contribution in [2.75, 3.05) is 0 Å². The van der Waals surface area contributed by atoms with Crippen molar-refractivity contribution in [1.29, 1.82) is 0 Å². The van der Waals surface area contributed by atoms with Crippen LogP contribution in [-0.4, -0.2) is 9.97 Å². The molecule has 28 heavy (non-hydrogen) atoms. The van der Waals surface area contributed by atoms with Crippen molar-refractivity contribution in [3.05, 3.63) is 82.4 Å². The minimum absolute atomic E-state index is 0.228. The average Bonchev–Trinajstić information content (AvgIpc) is 2.65. The van der Waals surface area contributed by atoms with Crippen LogP contribution in [0.15, 0.2) is 42.6 Å². The third-order valence-electron chi connectivity index (χ3n) is 4.78. The Morgan fingerprint density at radius 1 is 1.11 bits per heavy atom. The van der Waals surface area contributed by atoms with E-state index in [9.17, 15) is 8.78 Å². The molecule has 0 radical (unpaired) electrons. The van der Waals surface area contributed by atoms with Crippen molar-refractivity contribution >= 4 is 11.6 Å². The number of benzene rings is 2. The summed E-state index contributed by atoms with van der Waals surface area (Å²) in [4.78, 5) is 8.08. The maximum absolute atomic E-state index is 14.1. The SMILES string of the molecule is C/C(=C\c1cccc(-c2cc(F)ccc2C(C)N)c1C)c1nc(C)ncc1F. The molecule has 0 spiro atoms. The maximum atomic E-state index is 14.1. The second-order valence-electron chi connectivity index (χ2n) is 6.98. The van der Waals surface area contributed by atoms with Gasteiger partial charge in [-0.25, -0.2) is 18.7 Å². The second kappa shape index (κ2) is 7.98. The van der Waals surface area contributed by atoms with Crippen LogP contribution in [0.2, 0.25) is 0 Å². The second-order valence-corrected chi connectivity index (χ2v) is 6.98. The molecule has 2 N–H and O–H groups in total. The zero-order valence-corrected chi connectivity index (χ0v) is 16.4. The van der Waals surface area contributed by atoms with E-state index in [1.807, 2.05) is 45.0 Å². The molecule has 1 unspecified atom stereocenters. The molecular weight excluding hydrogens is 356 g/mol. The van der Waals surface area contributed by atoms with Gasteiger partial charge in [0.1, 0.15) is 17.3 Å². The van der Waals surface area contributed by atoms with Crippen molar-refractivity contribution in [3.8, 4) is 11.1 Å². The summed E-state index contributed by atoms with van der Waals surface area (Å²) in [7, 11) is 0. The summed E-state index contributed by atoms with van der Waals surface area (Å²) in [5.41, 5.74) is 11.5. The zero-order valence-electron chi connectivity index (χ0n) is 16.4. The number of aryl methyl sites for hydroxylation is 1. The molecule has 1 heterocycles. The van der Waals surface area contributed by atoms with Crippen LogP contribution in [0.5, 0.6) is 0 Å². The molecule has 0 saturated carbocycles. The lowest BCUT2D eigenvalue weighted by molar-refractivity contribution is 0.606. The van der Waals surface area contributed by atoms with Crippen LogP contribution in [0.4, 0.5) is 8.78 Å². The third-order valence-corrected chi connectivity index (χ3v) is 4.78. The van der Waals surface area contributed by atoms with E-state index < -0.39 is 5.82 Å². The minimum Gasteiger partial charge on any atom is -0.324 e. The van der Waals surface area contributed by atoms with Crippen molar-refractivity contribution in [3.63, 3.8) is 0 Å².